The van der Waals surface area contributed by atoms with E-state index in [-0.39, 0.29) is 47.9 Å². The molecule has 3 fully saturated rings. The number of methoxy groups -OCH3 is 1. The summed E-state index contributed by atoms with van der Waals surface area (Å²) < 4.78 is 67.8. The number of pyridine rings is 2. The van der Waals surface area contributed by atoms with Crippen LogP contribution in [0.2, 0.25) is 0 Å². The number of carbonyl (C=O) groups excluding carboxylic acids is 2. The number of nitrogens with zero attached hydrogens (tertiary/aromatic N) is 6. The molecule has 0 aromatic carbocycles. The molecule has 44 heavy (non-hydrogen) atoms. The summed E-state index contributed by atoms with van der Waals surface area (Å²) in [4.78, 5) is 47.9. The Kier molecular flexibility index (Phi) is 5.13. The summed E-state index contributed by atoms with van der Waals surface area (Å²) in [7, 11) is -3.01. The fourth-order valence-corrected chi connectivity index (χ4v) is 6.79. The lowest BCUT2D eigenvalue weighted by molar-refractivity contribution is -0.123. The third-order valence-corrected chi connectivity index (χ3v) is 9.26. The number of imidazole rings is 1. The van der Waals surface area contributed by atoms with E-state index in [4.69, 9.17) is 30.1 Å². The molecule has 3 aliphatic rings. The van der Waals surface area contributed by atoms with Crippen molar-refractivity contribution < 1.29 is 28.7 Å². The molecule has 4 N–H and O–H groups in total. The fourth-order valence-electron chi connectivity index (χ4n) is 6.79. The van der Waals surface area contributed by atoms with Crippen molar-refractivity contribution in [3.63, 3.8) is 0 Å². The number of rotatable bonds is 7. The number of carbonyl (C=O) groups is 2. The number of aryl methyl sites for hydroxylation is 1. The number of fused-ring (bicyclic) bond motifs is 2. The Morgan fingerprint density at radius 1 is 1.20 bits per heavy atom. The zero-order chi connectivity index (χ0) is 36.7. The van der Waals surface area contributed by atoms with Gasteiger partial charge in [-0.25, -0.2) is 24.2 Å². The second-order valence-corrected chi connectivity index (χ2v) is 11.8. The Hall–Kier alpha value is -4.46. The van der Waals surface area contributed by atoms with Gasteiger partial charge in [-0.05, 0) is 56.6 Å². The molecule has 1 saturated heterocycles. The molecule has 4 aromatic heterocycles. The molecule has 0 bridgehead atoms. The zero-order valence-electron chi connectivity index (χ0n) is 31.0. The van der Waals surface area contributed by atoms with E-state index in [0.29, 0.717) is 35.7 Å². The number of ether oxygens (including phenoxy) is 2. The molecule has 2 saturated carbocycles. The summed E-state index contributed by atoms with van der Waals surface area (Å²) in [6, 6.07) is 2.71. The molecular weight excluding hydrogens is 566 g/mol. The van der Waals surface area contributed by atoms with Crippen LogP contribution in [-0.4, -0.2) is 67.2 Å². The topological polar surface area (TPSA) is 173 Å². The van der Waals surface area contributed by atoms with Crippen molar-refractivity contribution in [3.8, 4) is 0 Å². The third-order valence-electron chi connectivity index (χ3n) is 9.26. The van der Waals surface area contributed by atoms with Gasteiger partial charge in [0.15, 0.2) is 5.65 Å². The quantitative estimate of drug-likeness (QED) is 0.284. The summed E-state index contributed by atoms with van der Waals surface area (Å²) in [5.74, 6) is 0.151. The van der Waals surface area contributed by atoms with Gasteiger partial charge in [-0.2, -0.15) is 5.10 Å². The van der Waals surface area contributed by atoms with Crippen LogP contribution in [0.15, 0.2) is 29.2 Å². The summed E-state index contributed by atoms with van der Waals surface area (Å²) >= 11 is 0. The Bertz CT molecular complexity index is 2110. The lowest BCUT2D eigenvalue weighted by Crippen LogP contribution is -2.36. The number of hydrogen-bond acceptors (Lipinski definition) is 9. The first-order valence-corrected chi connectivity index (χ1v) is 14.6. The first kappa shape index (κ1) is 21.3. The molecule has 2 aliphatic carbocycles. The lowest BCUT2D eigenvalue weighted by Gasteiger charge is -2.20. The van der Waals surface area contributed by atoms with E-state index in [1.165, 1.54) is 16.8 Å². The largest absolute Gasteiger partial charge is 0.453 e. The van der Waals surface area contributed by atoms with Crippen LogP contribution in [0.1, 0.15) is 72.7 Å². The van der Waals surface area contributed by atoms with E-state index >= 15 is 0 Å². The Balaban J connectivity index is 1.25. The SMILES string of the molecule is [2H]C1(NC(=O)OC([2H])([2H])[2H])CCC(n2c(=O)n(C([2H])([2H])[2H])c3cnc(Nc4ccc5c(C6CCOCC6)nn(C6(C(N)=O)CC6C)c5n4)cc32)C1. The zero-order valence-corrected chi connectivity index (χ0v) is 24.0. The smallest absolute Gasteiger partial charge is 0.407 e. The standard InChI is InChI=1S/C30H37N9O5/c1-16-14-30(16,27(31)40)39-26-20(25(36-39)17-8-10-44-11-9-17)6-7-23(35-26)34-24-13-21-22(15-32-24)37(2)29(42)38(21)19-5-4-18(12-19)33-28(41)43-3/h6-7,13,15-19H,4-5,8-12,14H2,1-3H3,(H2,31,40)(H,33,41)(H,32,34,35)/i2D3,3D3,18D. The van der Waals surface area contributed by atoms with Crippen LogP contribution in [0.4, 0.5) is 16.4 Å². The minimum Gasteiger partial charge on any atom is -0.453 e. The molecule has 0 radical (unpaired) electrons. The number of alkyl carbamates (subject to hydrolysis) is 1. The van der Waals surface area contributed by atoms with Gasteiger partial charge < -0.3 is 25.8 Å². The highest BCUT2D eigenvalue weighted by molar-refractivity contribution is 5.90. The van der Waals surface area contributed by atoms with Gasteiger partial charge in [-0.1, -0.05) is 6.92 Å². The average molecular weight is 611 g/mol. The molecule has 2 amide bonds. The maximum absolute atomic E-state index is 13.7. The van der Waals surface area contributed by atoms with Gasteiger partial charge in [0.2, 0.25) is 5.91 Å². The van der Waals surface area contributed by atoms with E-state index < -0.39 is 49.3 Å². The van der Waals surface area contributed by atoms with Crippen molar-refractivity contribution in [3.05, 3.63) is 40.6 Å². The highest BCUT2D eigenvalue weighted by Crippen LogP contribution is 2.51. The number of nitrogens with one attached hydrogen (secondary N) is 2. The van der Waals surface area contributed by atoms with Gasteiger partial charge in [0.25, 0.3) is 0 Å². The van der Waals surface area contributed by atoms with Gasteiger partial charge in [0.1, 0.15) is 17.2 Å². The molecule has 14 nitrogen and oxygen atoms in total. The van der Waals surface area contributed by atoms with E-state index in [1.54, 1.807) is 10.7 Å². The third kappa shape index (κ3) is 4.50. The van der Waals surface area contributed by atoms with Crippen LogP contribution in [0.5, 0.6) is 0 Å². The maximum atomic E-state index is 13.7. The fraction of sp³-hybridized carbons (Fsp3) is 0.533. The van der Waals surface area contributed by atoms with E-state index in [2.05, 4.69) is 20.4 Å². The van der Waals surface area contributed by atoms with Gasteiger partial charge in [-0.15, -0.1) is 0 Å². The number of nitrogens with two attached hydrogens (primary N) is 1. The van der Waals surface area contributed by atoms with Crippen LogP contribution in [0.3, 0.4) is 0 Å². The molecular formula is C30H37N9O5. The number of primary amides is 1. The minimum absolute atomic E-state index is 0.0245. The van der Waals surface area contributed by atoms with Crippen LogP contribution >= 0.6 is 0 Å². The molecule has 14 heteroatoms. The summed E-state index contributed by atoms with van der Waals surface area (Å²) in [6.07, 6.45) is 2.13. The van der Waals surface area contributed by atoms with E-state index in [0.717, 1.165) is 23.9 Å². The Morgan fingerprint density at radius 3 is 2.75 bits per heavy atom. The molecule has 4 atom stereocenters. The molecule has 7 rings (SSSR count). The Morgan fingerprint density at radius 2 is 2.02 bits per heavy atom. The van der Waals surface area contributed by atoms with Crippen molar-refractivity contribution in [1.82, 2.24) is 34.2 Å². The van der Waals surface area contributed by atoms with Crippen molar-refractivity contribution in [2.75, 3.05) is 25.6 Å². The molecule has 5 heterocycles. The first-order chi connectivity index (χ1) is 23.9. The normalized spacial score (nSPS) is 30.0. The number of amides is 2. The van der Waals surface area contributed by atoms with Crippen molar-refractivity contribution in [2.45, 2.75) is 69.0 Å². The molecule has 1 aliphatic heterocycles. The average Bonchev–Trinajstić information content (AvgIpc) is 3.27. The number of anilines is 2. The summed E-state index contributed by atoms with van der Waals surface area (Å²) in [6.45, 7) is 0.276. The van der Waals surface area contributed by atoms with Gasteiger partial charge in [-0.3, -0.25) is 13.9 Å². The van der Waals surface area contributed by atoms with Crippen LogP contribution < -0.4 is 22.1 Å². The van der Waals surface area contributed by atoms with Gasteiger partial charge >= 0.3 is 11.8 Å². The van der Waals surface area contributed by atoms with Crippen LogP contribution in [0.25, 0.3) is 22.1 Å². The lowest BCUT2D eigenvalue weighted by atomic mass is 9.95. The summed E-state index contributed by atoms with van der Waals surface area (Å²) in [5, 5.41) is 11.1. The summed E-state index contributed by atoms with van der Waals surface area (Å²) in [5.41, 5.74) is 5.58. The minimum atomic E-state index is -3.01. The van der Waals surface area contributed by atoms with Crippen molar-refractivity contribution in [1.29, 1.82) is 0 Å². The molecule has 4 aromatic rings. The molecule has 0 spiro atoms. The maximum Gasteiger partial charge on any atom is 0.407 e. The van der Waals surface area contributed by atoms with Crippen LogP contribution in [0, 0.1) is 5.92 Å². The van der Waals surface area contributed by atoms with Crippen LogP contribution in [-0.2, 0) is 26.8 Å². The van der Waals surface area contributed by atoms with Gasteiger partial charge in [0.05, 0.1) is 35.4 Å². The highest BCUT2D eigenvalue weighted by atomic mass is 16.5. The predicted molar refractivity (Wildman–Crippen MR) is 162 cm³/mol. The second kappa shape index (κ2) is 10.6. The van der Waals surface area contributed by atoms with Crippen molar-refractivity contribution >= 4 is 45.7 Å². The number of aromatic nitrogens is 6. The number of hydrogen-bond donors (Lipinski definition) is 3. The monoisotopic (exact) mass is 610 g/mol. The van der Waals surface area contributed by atoms with Gasteiger partial charge in [0, 0.05) is 53.7 Å². The highest BCUT2D eigenvalue weighted by Gasteiger charge is 2.60. The second-order valence-electron chi connectivity index (χ2n) is 11.8. The predicted octanol–water partition coefficient (Wildman–Crippen LogP) is 2.79. The van der Waals surface area contributed by atoms with E-state index in [1.807, 2.05) is 13.0 Å². The van der Waals surface area contributed by atoms with E-state index in [9.17, 15) is 14.4 Å². The Labute approximate surface area is 262 Å². The first-order valence-electron chi connectivity index (χ1n) is 18.1. The molecule has 232 valence electrons. The molecule has 4 unspecified atom stereocenters. The van der Waals surface area contributed by atoms with Crippen molar-refractivity contribution in [2.24, 2.45) is 18.6 Å².